The molecule has 1 aliphatic heterocycles. The first-order valence-corrected chi connectivity index (χ1v) is 9.12. The van der Waals surface area contributed by atoms with Crippen molar-refractivity contribution in [3.05, 3.63) is 46.7 Å². The number of ether oxygens (including phenoxy) is 1. The minimum atomic E-state index is -0.110. The highest BCUT2D eigenvalue weighted by Crippen LogP contribution is 2.22. The first kappa shape index (κ1) is 16.1. The molecular formula is C18H19N3O3S. The van der Waals surface area contributed by atoms with Gasteiger partial charge in [-0.2, -0.15) is 0 Å². The number of furan rings is 1. The second-order valence-electron chi connectivity index (χ2n) is 6.01. The zero-order chi connectivity index (χ0) is 17.2. The summed E-state index contributed by atoms with van der Waals surface area (Å²) >= 11 is 1.60. The normalized spacial score (nSPS) is 14.8. The van der Waals surface area contributed by atoms with Gasteiger partial charge in [0.05, 0.1) is 25.5 Å². The minimum absolute atomic E-state index is 0.110. The number of amides is 1. The first-order chi connectivity index (χ1) is 12.2. The van der Waals surface area contributed by atoms with E-state index in [4.69, 9.17) is 9.15 Å². The van der Waals surface area contributed by atoms with E-state index in [0.29, 0.717) is 12.1 Å². The summed E-state index contributed by atoms with van der Waals surface area (Å²) in [5, 5.41) is 6.86. The third kappa shape index (κ3) is 3.52. The number of hydrogen-bond acceptors (Lipinski definition) is 6. The Bertz CT molecular complexity index is 896. The van der Waals surface area contributed by atoms with E-state index in [1.54, 1.807) is 17.4 Å². The Labute approximate surface area is 149 Å². The monoisotopic (exact) mass is 357 g/mol. The van der Waals surface area contributed by atoms with Gasteiger partial charge in [0.15, 0.2) is 5.13 Å². The fourth-order valence-corrected chi connectivity index (χ4v) is 3.75. The number of aromatic nitrogens is 1. The molecule has 1 saturated heterocycles. The lowest BCUT2D eigenvalue weighted by Crippen LogP contribution is -2.36. The van der Waals surface area contributed by atoms with Gasteiger partial charge in [0, 0.05) is 29.4 Å². The Morgan fingerprint density at radius 1 is 1.32 bits per heavy atom. The van der Waals surface area contributed by atoms with Gasteiger partial charge in [-0.05, 0) is 31.2 Å². The molecule has 0 atom stereocenters. The van der Waals surface area contributed by atoms with E-state index in [1.807, 2.05) is 30.5 Å². The van der Waals surface area contributed by atoms with Gasteiger partial charge in [0.25, 0.3) is 5.91 Å². The highest BCUT2D eigenvalue weighted by Gasteiger charge is 2.15. The number of benzene rings is 1. The van der Waals surface area contributed by atoms with Crippen molar-refractivity contribution >= 4 is 33.3 Å². The molecule has 0 aliphatic carbocycles. The van der Waals surface area contributed by atoms with E-state index < -0.39 is 0 Å². The lowest BCUT2D eigenvalue weighted by atomic mass is 10.1. The molecule has 2 aromatic heterocycles. The second-order valence-corrected chi connectivity index (χ2v) is 6.85. The number of nitrogens with one attached hydrogen (secondary N) is 1. The van der Waals surface area contributed by atoms with E-state index in [1.165, 1.54) is 0 Å². The molecule has 0 spiro atoms. The summed E-state index contributed by atoms with van der Waals surface area (Å²) in [6, 6.07) is 7.39. The molecule has 0 saturated carbocycles. The van der Waals surface area contributed by atoms with Crippen LogP contribution >= 0.6 is 11.3 Å². The molecule has 0 unspecified atom stereocenters. The topological polar surface area (TPSA) is 67.6 Å². The molecule has 130 valence electrons. The number of carbonyl (C=O) groups excluding carboxylic acids is 1. The number of thiazole rings is 1. The molecular weight excluding hydrogens is 338 g/mol. The fourth-order valence-electron chi connectivity index (χ4n) is 2.87. The maximum Gasteiger partial charge on any atom is 0.251 e. The summed E-state index contributed by atoms with van der Waals surface area (Å²) in [5.41, 5.74) is 2.29. The van der Waals surface area contributed by atoms with Crippen LogP contribution in [-0.2, 0) is 11.3 Å². The van der Waals surface area contributed by atoms with Crippen LogP contribution in [0.4, 0.5) is 5.13 Å². The van der Waals surface area contributed by atoms with Crippen LogP contribution in [0.5, 0.6) is 0 Å². The van der Waals surface area contributed by atoms with Gasteiger partial charge in [-0.3, -0.25) is 4.79 Å². The maximum absolute atomic E-state index is 12.4. The molecule has 25 heavy (non-hydrogen) atoms. The average molecular weight is 357 g/mol. The second kappa shape index (κ2) is 6.85. The predicted molar refractivity (Wildman–Crippen MR) is 97.3 cm³/mol. The summed E-state index contributed by atoms with van der Waals surface area (Å²) in [5.74, 6) is 0.729. The summed E-state index contributed by atoms with van der Waals surface area (Å²) in [6.45, 7) is 5.52. The molecule has 4 rings (SSSR count). The number of anilines is 1. The number of fused-ring (bicyclic) bond motifs is 1. The van der Waals surface area contributed by atoms with Gasteiger partial charge < -0.3 is 19.4 Å². The van der Waals surface area contributed by atoms with Gasteiger partial charge >= 0.3 is 0 Å². The van der Waals surface area contributed by atoms with E-state index in [0.717, 1.165) is 53.9 Å². The fraction of sp³-hybridized carbons (Fsp3) is 0.333. The van der Waals surface area contributed by atoms with Gasteiger partial charge in [0.1, 0.15) is 11.3 Å². The molecule has 7 heteroatoms. The molecule has 0 radical (unpaired) electrons. The van der Waals surface area contributed by atoms with Crippen LogP contribution < -0.4 is 10.2 Å². The number of carbonyl (C=O) groups is 1. The molecule has 1 aromatic carbocycles. The third-order valence-electron chi connectivity index (χ3n) is 4.15. The highest BCUT2D eigenvalue weighted by atomic mass is 32.1. The van der Waals surface area contributed by atoms with E-state index in [9.17, 15) is 4.79 Å². The van der Waals surface area contributed by atoms with Gasteiger partial charge in [0.2, 0.25) is 0 Å². The molecule has 3 heterocycles. The lowest BCUT2D eigenvalue weighted by Gasteiger charge is -2.26. The van der Waals surface area contributed by atoms with E-state index in [2.05, 4.69) is 15.2 Å². The highest BCUT2D eigenvalue weighted by molar-refractivity contribution is 7.13. The quantitative estimate of drug-likeness (QED) is 0.777. The van der Waals surface area contributed by atoms with Crippen LogP contribution in [0.3, 0.4) is 0 Å². The van der Waals surface area contributed by atoms with E-state index in [-0.39, 0.29) is 5.91 Å². The van der Waals surface area contributed by atoms with Crippen molar-refractivity contribution in [1.82, 2.24) is 10.3 Å². The van der Waals surface area contributed by atoms with Crippen molar-refractivity contribution in [2.75, 3.05) is 31.2 Å². The largest absolute Gasteiger partial charge is 0.461 e. The van der Waals surface area contributed by atoms with Gasteiger partial charge in [-0.15, -0.1) is 11.3 Å². The Morgan fingerprint density at radius 2 is 2.16 bits per heavy atom. The molecule has 3 aromatic rings. The standard InChI is InChI=1S/C18H19N3O3S/c1-12-8-14-9-13(2-3-16(14)24-12)17(22)19-10-15-11-25-18(20-15)21-4-6-23-7-5-21/h2-3,8-9,11H,4-7,10H2,1H3,(H,19,22). The summed E-state index contributed by atoms with van der Waals surface area (Å²) in [6.07, 6.45) is 0. The molecule has 1 aliphatic rings. The number of aryl methyl sites for hydroxylation is 1. The average Bonchev–Trinajstić information content (AvgIpc) is 3.25. The van der Waals surface area contributed by atoms with Crippen molar-refractivity contribution in [3.63, 3.8) is 0 Å². The Balaban J connectivity index is 1.40. The number of nitrogens with zero attached hydrogens (tertiary/aromatic N) is 2. The van der Waals surface area contributed by atoms with Crippen LogP contribution in [0.25, 0.3) is 11.0 Å². The minimum Gasteiger partial charge on any atom is -0.461 e. The molecule has 0 bridgehead atoms. The smallest absolute Gasteiger partial charge is 0.251 e. The number of rotatable bonds is 4. The van der Waals surface area contributed by atoms with Crippen molar-refractivity contribution in [2.45, 2.75) is 13.5 Å². The van der Waals surface area contributed by atoms with Crippen LogP contribution in [-0.4, -0.2) is 37.2 Å². The van der Waals surface area contributed by atoms with Crippen molar-refractivity contribution in [2.24, 2.45) is 0 Å². The lowest BCUT2D eigenvalue weighted by molar-refractivity contribution is 0.0950. The summed E-state index contributed by atoms with van der Waals surface area (Å²) < 4.78 is 10.9. The van der Waals surface area contributed by atoms with Crippen LogP contribution in [0.15, 0.2) is 34.1 Å². The summed E-state index contributed by atoms with van der Waals surface area (Å²) in [7, 11) is 0. The predicted octanol–water partition coefficient (Wildman–Crippen LogP) is 2.96. The van der Waals surface area contributed by atoms with Gasteiger partial charge in [-0.25, -0.2) is 4.98 Å². The van der Waals surface area contributed by atoms with E-state index >= 15 is 0 Å². The molecule has 1 fully saturated rings. The number of hydrogen-bond donors (Lipinski definition) is 1. The molecule has 6 nitrogen and oxygen atoms in total. The van der Waals surface area contributed by atoms with Crippen molar-refractivity contribution < 1.29 is 13.9 Å². The Morgan fingerprint density at radius 3 is 3.00 bits per heavy atom. The molecule has 1 N–H and O–H groups in total. The van der Waals surface area contributed by atoms with Crippen LogP contribution in [0.1, 0.15) is 21.8 Å². The van der Waals surface area contributed by atoms with Crippen LogP contribution in [0.2, 0.25) is 0 Å². The maximum atomic E-state index is 12.4. The zero-order valence-electron chi connectivity index (χ0n) is 13.9. The third-order valence-corrected chi connectivity index (χ3v) is 5.10. The van der Waals surface area contributed by atoms with Crippen molar-refractivity contribution in [1.29, 1.82) is 0 Å². The van der Waals surface area contributed by atoms with Crippen LogP contribution in [0, 0.1) is 6.92 Å². The zero-order valence-corrected chi connectivity index (χ0v) is 14.8. The Kier molecular flexibility index (Phi) is 4.42. The SMILES string of the molecule is Cc1cc2cc(C(=O)NCc3csc(N4CCOCC4)n3)ccc2o1. The number of morpholine rings is 1. The van der Waals surface area contributed by atoms with Gasteiger partial charge in [-0.1, -0.05) is 0 Å². The Hall–Kier alpha value is -2.38. The van der Waals surface area contributed by atoms with Crippen molar-refractivity contribution in [3.8, 4) is 0 Å². The molecule has 1 amide bonds. The first-order valence-electron chi connectivity index (χ1n) is 8.24. The summed E-state index contributed by atoms with van der Waals surface area (Å²) in [4.78, 5) is 19.2.